The minimum Gasteiger partial charge on any atom is -0.475 e. The SMILES string of the molecule is O=C(O)C(F)(F)F.O=C(O)C(F)(F)F.O=C1CC[C@H]2[C@H](CCN2Cc2ccccc2)N1CCN1CCOCC1. The average molecular weight is 572 g/mol. The number of carboxylic acids is 2. The summed E-state index contributed by atoms with van der Waals surface area (Å²) in [5.74, 6) is -5.16. The van der Waals surface area contributed by atoms with Crippen LogP contribution in [0.25, 0.3) is 0 Å². The molecule has 220 valence electrons. The number of carbonyl (C=O) groups excluding carboxylic acids is 1. The fraction of sp³-hybridized carbons (Fsp3) is 0.625. The fourth-order valence-corrected chi connectivity index (χ4v) is 4.62. The highest BCUT2D eigenvalue weighted by Gasteiger charge is 2.43. The van der Waals surface area contributed by atoms with Gasteiger partial charge in [0.15, 0.2) is 0 Å². The first-order valence-corrected chi connectivity index (χ1v) is 12.2. The summed E-state index contributed by atoms with van der Waals surface area (Å²) in [6, 6.07) is 11.6. The van der Waals surface area contributed by atoms with E-state index in [1.165, 1.54) is 5.56 Å². The predicted octanol–water partition coefficient (Wildman–Crippen LogP) is 2.85. The van der Waals surface area contributed by atoms with E-state index < -0.39 is 24.3 Å². The van der Waals surface area contributed by atoms with Crippen molar-refractivity contribution in [3.8, 4) is 0 Å². The van der Waals surface area contributed by atoms with Gasteiger partial charge in [-0.3, -0.25) is 14.6 Å². The standard InChI is InChI=1S/C20H29N3O2.2C2HF3O2/c24-20-7-6-18-19(23(20)11-10-21-12-14-25-15-13-21)8-9-22(18)16-17-4-2-1-3-5-17;2*3-2(4,5)1(6)7/h1-5,18-19H,6-16H2;2*(H,6,7)/t18-,19-;;/m0../s1. The zero-order valence-corrected chi connectivity index (χ0v) is 21.0. The summed E-state index contributed by atoms with van der Waals surface area (Å²) in [6.45, 7) is 7.61. The Morgan fingerprint density at radius 1 is 0.846 bits per heavy atom. The van der Waals surface area contributed by atoms with E-state index in [-0.39, 0.29) is 0 Å². The number of hydrogen-bond donors (Lipinski definition) is 2. The number of benzene rings is 1. The van der Waals surface area contributed by atoms with E-state index >= 15 is 0 Å². The van der Waals surface area contributed by atoms with Gasteiger partial charge in [0.25, 0.3) is 0 Å². The summed E-state index contributed by atoms with van der Waals surface area (Å²) in [6.07, 6.45) is -7.33. The quantitative estimate of drug-likeness (QED) is 0.520. The summed E-state index contributed by atoms with van der Waals surface area (Å²) in [4.78, 5) is 37.5. The molecule has 1 aromatic rings. The van der Waals surface area contributed by atoms with Gasteiger partial charge >= 0.3 is 24.3 Å². The maximum Gasteiger partial charge on any atom is 0.490 e. The van der Waals surface area contributed by atoms with E-state index in [4.69, 9.17) is 24.5 Å². The number of likely N-dealkylation sites (tertiary alicyclic amines) is 2. The lowest BCUT2D eigenvalue weighted by atomic mass is 9.96. The zero-order valence-electron chi connectivity index (χ0n) is 21.0. The summed E-state index contributed by atoms with van der Waals surface area (Å²) in [5.41, 5.74) is 1.37. The molecule has 3 aliphatic heterocycles. The van der Waals surface area contributed by atoms with Crippen LogP contribution in [0, 0.1) is 0 Å². The Balaban J connectivity index is 0.000000317. The molecule has 0 saturated carbocycles. The molecule has 4 rings (SSSR count). The normalized spacial score (nSPS) is 22.2. The monoisotopic (exact) mass is 571 g/mol. The van der Waals surface area contributed by atoms with Gasteiger partial charge in [-0.2, -0.15) is 26.3 Å². The molecule has 0 unspecified atom stereocenters. The molecule has 3 fully saturated rings. The van der Waals surface area contributed by atoms with E-state index in [1.807, 2.05) is 0 Å². The molecular formula is C24H31F6N3O6. The van der Waals surface area contributed by atoms with Gasteiger partial charge in [-0.25, -0.2) is 9.59 Å². The smallest absolute Gasteiger partial charge is 0.475 e. The molecule has 3 heterocycles. The number of piperidine rings is 1. The van der Waals surface area contributed by atoms with Gasteiger partial charge in [0.05, 0.1) is 13.2 Å². The van der Waals surface area contributed by atoms with Crippen LogP contribution in [0.2, 0.25) is 0 Å². The molecule has 3 saturated heterocycles. The lowest BCUT2D eigenvalue weighted by molar-refractivity contribution is -0.193. The van der Waals surface area contributed by atoms with Crippen LogP contribution < -0.4 is 0 Å². The van der Waals surface area contributed by atoms with Crippen LogP contribution in [0.4, 0.5) is 26.3 Å². The summed E-state index contributed by atoms with van der Waals surface area (Å²) in [5, 5.41) is 14.2. The van der Waals surface area contributed by atoms with Crippen molar-refractivity contribution in [3.63, 3.8) is 0 Å². The predicted molar refractivity (Wildman–Crippen MR) is 125 cm³/mol. The van der Waals surface area contributed by atoms with E-state index in [9.17, 15) is 31.1 Å². The largest absolute Gasteiger partial charge is 0.490 e. The molecular weight excluding hydrogens is 540 g/mol. The molecule has 0 aromatic heterocycles. The Morgan fingerprint density at radius 2 is 1.38 bits per heavy atom. The molecule has 0 aliphatic carbocycles. The maximum atomic E-state index is 12.5. The Labute approximate surface area is 220 Å². The minimum atomic E-state index is -5.08. The number of fused-ring (bicyclic) bond motifs is 1. The topological polar surface area (TPSA) is 111 Å². The molecule has 2 atom stereocenters. The third kappa shape index (κ3) is 10.6. The number of carboxylic acid groups (broad SMARTS) is 2. The van der Waals surface area contributed by atoms with Crippen LogP contribution in [-0.4, -0.2) is 113 Å². The Kier molecular flexibility index (Phi) is 12.0. The lowest BCUT2D eigenvalue weighted by Crippen LogP contribution is -2.54. The molecule has 39 heavy (non-hydrogen) atoms. The van der Waals surface area contributed by atoms with Crippen LogP contribution in [0.3, 0.4) is 0 Å². The number of morpholine rings is 1. The number of alkyl halides is 6. The van der Waals surface area contributed by atoms with Crippen LogP contribution in [0.5, 0.6) is 0 Å². The maximum absolute atomic E-state index is 12.5. The first kappa shape index (κ1) is 32.3. The summed E-state index contributed by atoms with van der Waals surface area (Å²) in [7, 11) is 0. The molecule has 0 bridgehead atoms. The third-order valence-electron chi connectivity index (χ3n) is 6.47. The van der Waals surface area contributed by atoms with E-state index in [2.05, 4.69) is 45.0 Å². The number of carbonyl (C=O) groups is 3. The van der Waals surface area contributed by atoms with Gasteiger partial charge in [-0.1, -0.05) is 30.3 Å². The van der Waals surface area contributed by atoms with E-state index in [0.717, 1.165) is 65.3 Å². The van der Waals surface area contributed by atoms with Crippen molar-refractivity contribution >= 4 is 17.8 Å². The number of hydrogen-bond acceptors (Lipinski definition) is 6. The van der Waals surface area contributed by atoms with Crippen molar-refractivity contribution in [2.24, 2.45) is 0 Å². The van der Waals surface area contributed by atoms with Crippen molar-refractivity contribution in [1.29, 1.82) is 0 Å². The highest BCUT2D eigenvalue weighted by atomic mass is 19.4. The van der Waals surface area contributed by atoms with Gasteiger partial charge < -0.3 is 19.8 Å². The van der Waals surface area contributed by atoms with Crippen LogP contribution in [0.1, 0.15) is 24.8 Å². The Morgan fingerprint density at radius 3 is 1.90 bits per heavy atom. The minimum absolute atomic E-state index is 0.357. The van der Waals surface area contributed by atoms with Gasteiger partial charge in [-0.15, -0.1) is 0 Å². The highest BCUT2D eigenvalue weighted by molar-refractivity contribution is 5.77. The number of ether oxygens (including phenoxy) is 1. The second kappa shape index (κ2) is 14.5. The summed E-state index contributed by atoms with van der Waals surface area (Å²) >= 11 is 0. The van der Waals surface area contributed by atoms with Crippen molar-refractivity contribution in [1.82, 2.24) is 14.7 Å². The second-order valence-corrected chi connectivity index (χ2v) is 9.07. The number of nitrogens with zero attached hydrogens (tertiary/aromatic N) is 3. The van der Waals surface area contributed by atoms with Gasteiger partial charge in [0.2, 0.25) is 5.91 Å². The average Bonchev–Trinajstić information content (AvgIpc) is 3.27. The first-order valence-electron chi connectivity index (χ1n) is 12.2. The second-order valence-electron chi connectivity index (χ2n) is 9.07. The number of rotatable bonds is 5. The summed E-state index contributed by atoms with van der Waals surface area (Å²) < 4.78 is 68.9. The van der Waals surface area contributed by atoms with Crippen LogP contribution in [0.15, 0.2) is 30.3 Å². The lowest BCUT2D eigenvalue weighted by Gasteiger charge is -2.41. The molecule has 1 amide bonds. The van der Waals surface area contributed by atoms with Crippen molar-refractivity contribution in [3.05, 3.63) is 35.9 Å². The zero-order chi connectivity index (χ0) is 29.2. The van der Waals surface area contributed by atoms with Crippen molar-refractivity contribution < 1.29 is 55.7 Å². The first-order chi connectivity index (χ1) is 18.2. The molecule has 2 N–H and O–H groups in total. The van der Waals surface area contributed by atoms with Gasteiger partial charge in [-0.05, 0) is 18.4 Å². The number of amides is 1. The van der Waals surface area contributed by atoms with Crippen molar-refractivity contribution in [2.45, 2.75) is 50.2 Å². The molecule has 0 spiro atoms. The fourth-order valence-electron chi connectivity index (χ4n) is 4.62. The third-order valence-corrected chi connectivity index (χ3v) is 6.47. The molecule has 9 nitrogen and oxygen atoms in total. The molecule has 15 heteroatoms. The number of halogens is 6. The van der Waals surface area contributed by atoms with Gasteiger partial charge in [0, 0.05) is 57.8 Å². The van der Waals surface area contributed by atoms with Crippen molar-refractivity contribution in [2.75, 3.05) is 45.9 Å². The highest BCUT2D eigenvalue weighted by Crippen LogP contribution is 2.32. The molecule has 1 aromatic carbocycles. The van der Waals surface area contributed by atoms with E-state index in [1.54, 1.807) is 0 Å². The molecule has 0 radical (unpaired) electrons. The van der Waals surface area contributed by atoms with Gasteiger partial charge in [0.1, 0.15) is 0 Å². The van der Waals surface area contributed by atoms with Crippen LogP contribution >= 0.6 is 0 Å². The van der Waals surface area contributed by atoms with Crippen LogP contribution in [-0.2, 0) is 25.7 Å². The Bertz CT molecular complexity index is 917. The number of aliphatic carboxylic acids is 2. The van der Waals surface area contributed by atoms with E-state index in [0.29, 0.717) is 24.4 Å². The molecule has 3 aliphatic rings. The Hall–Kier alpha value is -2.91.